The number of nitrogens with zero attached hydrogens (tertiary/aromatic N) is 2. The lowest BCUT2D eigenvalue weighted by Gasteiger charge is -2.12. The van der Waals surface area contributed by atoms with Crippen molar-refractivity contribution >= 4 is 46.3 Å². The van der Waals surface area contributed by atoms with Crippen LogP contribution >= 0.6 is 11.8 Å². The average molecular weight is 504 g/mol. The zero-order valence-corrected chi connectivity index (χ0v) is 20.0. The standard InChI is InChI=1S/C26H21N3O6S/c1-17-3-2-4-20(13-17)27-24(30)16-35-22-11-7-18(8-12-22)14-23-25(31)28(26(32)36-23)15-19-5-9-21(10-6-19)29(33)34/h2-14H,15-16H2,1H3,(H,27,30)/b23-14-. The van der Waals surface area contributed by atoms with E-state index in [-0.39, 0.29) is 29.7 Å². The van der Waals surface area contributed by atoms with E-state index < -0.39 is 16.1 Å². The number of benzene rings is 3. The number of amides is 3. The van der Waals surface area contributed by atoms with Gasteiger partial charge in [0.15, 0.2) is 6.61 Å². The first kappa shape index (κ1) is 24.7. The molecule has 3 amide bonds. The lowest BCUT2D eigenvalue weighted by Crippen LogP contribution is -2.27. The van der Waals surface area contributed by atoms with E-state index in [9.17, 15) is 24.5 Å². The van der Waals surface area contributed by atoms with Crippen LogP contribution in [0.3, 0.4) is 0 Å². The van der Waals surface area contributed by atoms with Crippen LogP contribution < -0.4 is 10.1 Å². The first-order chi connectivity index (χ1) is 17.3. The van der Waals surface area contributed by atoms with Crippen LogP contribution in [-0.4, -0.2) is 33.5 Å². The molecule has 0 bridgehead atoms. The third-order valence-electron chi connectivity index (χ3n) is 5.21. The van der Waals surface area contributed by atoms with E-state index in [0.29, 0.717) is 22.6 Å². The van der Waals surface area contributed by atoms with Gasteiger partial charge in [0.25, 0.3) is 22.7 Å². The Kier molecular flexibility index (Phi) is 7.45. The van der Waals surface area contributed by atoms with Gasteiger partial charge in [-0.15, -0.1) is 0 Å². The van der Waals surface area contributed by atoms with E-state index in [2.05, 4.69) is 5.32 Å². The minimum atomic E-state index is -0.511. The molecule has 0 spiro atoms. The zero-order chi connectivity index (χ0) is 25.7. The van der Waals surface area contributed by atoms with Crippen molar-refractivity contribution in [2.45, 2.75) is 13.5 Å². The molecular weight excluding hydrogens is 482 g/mol. The third kappa shape index (κ3) is 6.16. The lowest BCUT2D eigenvalue weighted by atomic mass is 10.2. The highest BCUT2D eigenvalue weighted by atomic mass is 32.2. The fourth-order valence-corrected chi connectivity index (χ4v) is 4.26. The Labute approximate surface area is 210 Å². The molecule has 0 saturated carbocycles. The number of nitro groups is 1. The summed E-state index contributed by atoms with van der Waals surface area (Å²) in [6, 6.07) is 19.9. The second kappa shape index (κ2) is 10.9. The van der Waals surface area contributed by atoms with Crippen molar-refractivity contribution in [2.24, 2.45) is 0 Å². The van der Waals surface area contributed by atoms with Gasteiger partial charge in [0.1, 0.15) is 5.75 Å². The topological polar surface area (TPSA) is 119 Å². The summed E-state index contributed by atoms with van der Waals surface area (Å²) in [7, 11) is 0. The van der Waals surface area contributed by atoms with Gasteiger partial charge >= 0.3 is 0 Å². The van der Waals surface area contributed by atoms with Gasteiger partial charge in [0, 0.05) is 17.8 Å². The maximum absolute atomic E-state index is 12.8. The Morgan fingerprint density at radius 2 is 1.81 bits per heavy atom. The molecule has 1 aliphatic heterocycles. The molecule has 1 heterocycles. The van der Waals surface area contributed by atoms with Crippen molar-refractivity contribution in [2.75, 3.05) is 11.9 Å². The summed E-state index contributed by atoms with van der Waals surface area (Å²) in [6.07, 6.45) is 1.61. The predicted molar refractivity (Wildman–Crippen MR) is 136 cm³/mol. The third-order valence-corrected chi connectivity index (χ3v) is 6.12. The molecule has 3 aromatic rings. The molecule has 36 heavy (non-hydrogen) atoms. The number of nitrogens with one attached hydrogen (secondary N) is 1. The lowest BCUT2D eigenvalue weighted by molar-refractivity contribution is -0.384. The minimum absolute atomic E-state index is 0.0252. The molecule has 1 saturated heterocycles. The normalized spacial score (nSPS) is 14.2. The quantitative estimate of drug-likeness (QED) is 0.256. The Balaban J connectivity index is 1.33. The van der Waals surface area contributed by atoms with Crippen LogP contribution in [0, 0.1) is 17.0 Å². The van der Waals surface area contributed by atoms with Gasteiger partial charge in [0.2, 0.25) is 0 Å². The first-order valence-electron chi connectivity index (χ1n) is 10.9. The fraction of sp³-hybridized carbons (Fsp3) is 0.115. The van der Waals surface area contributed by atoms with Gasteiger partial charge < -0.3 is 10.1 Å². The molecular formula is C26H21N3O6S. The predicted octanol–water partition coefficient (Wildman–Crippen LogP) is 5.16. The summed E-state index contributed by atoms with van der Waals surface area (Å²) in [4.78, 5) is 48.9. The zero-order valence-electron chi connectivity index (χ0n) is 19.2. The molecule has 4 rings (SSSR count). The second-order valence-corrected chi connectivity index (χ2v) is 8.96. The molecule has 9 nitrogen and oxygen atoms in total. The molecule has 0 aromatic heterocycles. The number of non-ortho nitro benzene ring substituents is 1. The molecule has 182 valence electrons. The van der Waals surface area contributed by atoms with E-state index >= 15 is 0 Å². The molecule has 1 aliphatic rings. The van der Waals surface area contributed by atoms with E-state index in [0.717, 1.165) is 22.2 Å². The second-order valence-electron chi connectivity index (χ2n) is 7.97. The van der Waals surface area contributed by atoms with Gasteiger partial charge in [-0.1, -0.05) is 36.4 Å². The van der Waals surface area contributed by atoms with Crippen LogP contribution in [0.2, 0.25) is 0 Å². The summed E-state index contributed by atoms with van der Waals surface area (Å²) in [5.41, 5.74) is 2.96. The number of carbonyl (C=O) groups excluding carboxylic acids is 3. The highest BCUT2D eigenvalue weighted by molar-refractivity contribution is 8.18. The molecule has 0 aliphatic carbocycles. The van der Waals surface area contributed by atoms with Crippen molar-refractivity contribution in [3.8, 4) is 5.75 Å². The average Bonchev–Trinajstić information content (AvgIpc) is 3.11. The molecule has 10 heteroatoms. The maximum atomic E-state index is 12.8. The number of aryl methyl sites for hydroxylation is 1. The van der Waals surface area contributed by atoms with E-state index in [4.69, 9.17) is 4.74 Å². The number of nitro benzene ring substituents is 1. The van der Waals surface area contributed by atoms with E-state index in [1.54, 1.807) is 36.4 Å². The number of carbonyl (C=O) groups is 3. The highest BCUT2D eigenvalue weighted by Gasteiger charge is 2.35. The Bertz CT molecular complexity index is 1350. The molecule has 0 atom stereocenters. The number of hydrogen-bond acceptors (Lipinski definition) is 7. The largest absolute Gasteiger partial charge is 0.484 e. The molecule has 0 radical (unpaired) electrons. The van der Waals surface area contributed by atoms with Crippen molar-refractivity contribution < 1.29 is 24.0 Å². The summed E-state index contributed by atoms with van der Waals surface area (Å²) in [6.45, 7) is 1.80. The summed E-state index contributed by atoms with van der Waals surface area (Å²) < 4.78 is 5.53. The number of imide groups is 1. The number of anilines is 1. The molecule has 1 fully saturated rings. The monoisotopic (exact) mass is 503 g/mol. The SMILES string of the molecule is Cc1cccc(NC(=O)COc2ccc(/C=C3\SC(=O)N(Cc4ccc([N+](=O)[O-])cc4)C3=O)cc2)c1. The van der Waals surface area contributed by atoms with Crippen LogP contribution in [0.4, 0.5) is 16.2 Å². The van der Waals surface area contributed by atoms with Gasteiger partial charge in [-0.25, -0.2) is 0 Å². The summed E-state index contributed by atoms with van der Waals surface area (Å²) in [5, 5.41) is 13.2. The van der Waals surface area contributed by atoms with Crippen molar-refractivity contribution in [1.82, 2.24) is 4.90 Å². The van der Waals surface area contributed by atoms with E-state index in [1.807, 2.05) is 25.1 Å². The Hall–Kier alpha value is -4.44. The number of rotatable bonds is 8. The van der Waals surface area contributed by atoms with Crippen LogP contribution in [0.5, 0.6) is 5.75 Å². The number of hydrogen-bond donors (Lipinski definition) is 1. The first-order valence-corrected chi connectivity index (χ1v) is 11.7. The van der Waals surface area contributed by atoms with Crippen LogP contribution in [0.25, 0.3) is 6.08 Å². The molecule has 0 unspecified atom stereocenters. The minimum Gasteiger partial charge on any atom is -0.484 e. The van der Waals surface area contributed by atoms with E-state index in [1.165, 1.54) is 24.3 Å². The summed E-state index contributed by atoms with van der Waals surface area (Å²) in [5.74, 6) is -0.235. The van der Waals surface area contributed by atoms with Gasteiger partial charge in [-0.3, -0.25) is 29.4 Å². The van der Waals surface area contributed by atoms with Crippen molar-refractivity contribution in [3.05, 3.63) is 105 Å². The maximum Gasteiger partial charge on any atom is 0.293 e. The van der Waals surface area contributed by atoms with Crippen molar-refractivity contribution in [3.63, 3.8) is 0 Å². The fourth-order valence-electron chi connectivity index (χ4n) is 3.42. The van der Waals surface area contributed by atoms with Crippen LogP contribution in [0.1, 0.15) is 16.7 Å². The molecule has 1 N–H and O–H groups in total. The molecule has 3 aromatic carbocycles. The Morgan fingerprint density at radius 1 is 1.08 bits per heavy atom. The van der Waals surface area contributed by atoms with Crippen molar-refractivity contribution in [1.29, 1.82) is 0 Å². The number of ether oxygens (including phenoxy) is 1. The van der Waals surface area contributed by atoms with Gasteiger partial charge in [-0.05, 0) is 65.7 Å². The summed E-state index contributed by atoms with van der Waals surface area (Å²) >= 11 is 0.830. The van der Waals surface area contributed by atoms with Gasteiger partial charge in [-0.2, -0.15) is 0 Å². The van der Waals surface area contributed by atoms with Crippen LogP contribution in [0.15, 0.2) is 77.7 Å². The van der Waals surface area contributed by atoms with Crippen LogP contribution in [-0.2, 0) is 16.1 Å². The Morgan fingerprint density at radius 3 is 2.47 bits per heavy atom. The highest BCUT2D eigenvalue weighted by Crippen LogP contribution is 2.33. The van der Waals surface area contributed by atoms with Gasteiger partial charge in [0.05, 0.1) is 16.4 Å². The number of thioether (sulfide) groups is 1. The smallest absolute Gasteiger partial charge is 0.293 e.